The third-order valence-electron chi connectivity index (χ3n) is 6.35. The molecule has 0 aliphatic carbocycles. The van der Waals surface area contributed by atoms with Gasteiger partial charge in [0.1, 0.15) is 0 Å². The molecule has 33 heavy (non-hydrogen) atoms. The average molecular weight is 435 g/mol. The van der Waals surface area contributed by atoms with Crippen LogP contribution in [0.1, 0.15) is 29.2 Å². The van der Waals surface area contributed by atoms with E-state index in [4.69, 9.17) is 4.74 Å². The number of nitrogens with zero attached hydrogens (tertiary/aromatic N) is 1. The Morgan fingerprint density at radius 1 is 0.970 bits per heavy atom. The van der Waals surface area contributed by atoms with E-state index in [1.54, 1.807) is 11.7 Å². The fourth-order valence-electron chi connectivity index (χ4n) is 4.78. The molecule has 4 aromatic rings. The fraction of sp³-hybridized carbons (Fsp3) is 0.207. The van der Waals surface area contributed by atoms with Crippen LogP contribution in [0, 0.1) is 11.8 Å². The second-order valence-corrected chi connectivity index (χ2v) is 8.37. The van der Waals surface area contributed by atoms with E-state index in [0.29, 0.717) is 13.0 Å². The Balaban J connectivity index is 1.62. The second-order valence-electron chi connectivity index (χ2n) is 8.37. The summed E-state index contributed by atoms with van der Waals surface area (Å²) < 4.78 is 7.44. The molecule has 0 bridgehead atoms. The summed E-state index contributed by atoms with van der Waals surface area (Å²) >= 11 is 0. The third-order valence-corrected chi connectivity index (χ3v) is 6.35. The molecule has 2 heterocycles. The van der Waals surface area contributed by atoms with E-state index in [-0.39, 0.29) is 11.9 Å². The maximum Gasteiger partial charge on any atom is 0.327 e. The standard InChI is InChI=1S/C29H26N2O2/c1-33-21-25(23-15-6-3-7-16-23)29(19-11-10-14-22-12-4-2-5-13-22)27-20-24-17-8-9-18-26(24)31(27)28(32)30-29/h2-9,12-13,15-18,20,25H,10,14,21H2,1H3,(H,30,32). The van der Waals surface area contributed by atoms with Gasteiger partial charge < -0.3 is 10.1 Å². The number of aromatic nitrogens is 1. The number of ether oxygens (including phenoxy) is 1. The van der Waals surface area contributed by atoms with Gasteiger partial charge in [-0.2, -0.15) is 0 Å². The molecule has 2 atom stereocenters. The molecule has 0 radical (unpaired) electrons. The molecule has 0 saturated heterocycles. The minimum Gasteiger partial charge on any atom is -0.384 e. The summed E-state index contributed by atoms with van der Waals surface area (Å²) in [6.45, 7) is 0.430. The van der Waals surface area contributed by atoms with E-state index >= 15 is 0 Å². The van der Waals surface area contributed by atoms with Crippen molar-refractivity contribution in [2.75, 3.05) is 13.7 Å². The first kappa shape index (κ1) is 21.1. The highest BCUT2D eigenvalue weighted by Gasteiger charge is 2.49. The number of methoxy groups -OCH3 is 1. The zero-order chi connectivity index (χ0) is 22.7. The van der Waals surface area contributed by atoms with E-state index in [0.717, 1.165) is 28.6 Å². The minimum absolute atomic E-state index is 0.152. The van der Waals surface area contributed by atoms with Gasteiger partial charge in [-0.3, -0.25) is 4.57 Å². The summed E-state index contributed by atoms with van der Waals surface area (Å²) in [6.07, 6.45) is 1.57. The highest BCUT2D eigenvalue weighted by atomic mass is 16.5. The zero-order valence-electron chi connectivity index (χ0n) is 18.6. The number of carbonyl (C=O) groups is 1. The quantitative estimate of drug-likeness (QED) is 0.409. The summed E-state index contributed by atoms with van der Waals surface area (Å²) in [5, 5.41) is 4.29. The molecule has 1 aliphatic heterocycles. The van der Waals surface area contributed by atoms with E-state index in [1.807, 2.05) is 60.7 Å². The van der Waals surface area contributed by atoms with Crippen molar-refractivity contribution in [3.05, 3.63) is 108 Å². The SMILES string of the molecule is COCC(c1ccccc1)C1(C#CCCc2ccccc2)NC(=O)n2c1cc1ccccc12. The van der Waals surface area contributed by atoms with Crippen LogP contribution in [-0.4, -0.2) is 24.3 Å². The Morgan fingerprint density at radius 3 is 2.42 bits per heavy atom. The highest BCUT2D eigenvalue weighted by molar-refractivity contribution is 5.97. The summed E-state index contributed by atoms with van der Waals surface area (Å²) in [7, 11) is 1.69. The summed E-state index contributed by atoms with van der Waals surface area (Å²) in [6, 6.07) is 30.4. The number of hydrogen-bond donors (Lipinski definition) is 1. The number of rotatable bonds is 6. The van der Waals surface area contributed by atoms with Crippen LogP contribution in [0.5, 0.6) is 0 Å². The van der Waals surface area contributed by atoms with E-state index in [2.05, 4.69) is 47.5 Å². The molecule has 4 nitrogen and oxygen atoms in total. The lowest BCUT2D eigenvalue weighted by atomic mass is 9.78. The van der Waals surface area contributed by atoms with Crippen LogP contribution >= 0.6 is 0 Å². The van der Waals surface area contributed by atoms with Gasteiger partial charge >= 0.3 is 6.03 Å². The van der Waals surface area contributed by atoms with E-state index < -0.39 is 5.54 Å². The molecule has 1 aromatic heterocycles. The molecule has 164 valence electrons. The lowest BCUT2D eigenvalue weighted by Crippen LogP contribution is -2.45. The van der Waals surface area contributed by atoms with Crippen molar-refractivity contribution in [3.8, 4) is 11.8 Å². The highest BCUT2D eigenvalue weighted by Crippen LogP contribution is 2.43. The zero-order valence-corrected chi connectivity index (χ0v) is 18.6. The Hall–Kier alpha value is -3.81. The van der Waals surface area contributed by atoms with Crippen LogP contribution in [-0.2, 0) is 16.7 Å². The number of para-hydroxylation sites is 1. The van der Waals surface area contributed by atoms with Crippen molar-refractivity contribution in [1.82, 2.24) is 9.88 Å². The maximum atomic E-state index is 13.3. The normalized spacial score (nSPS) is 17.8. The molecule has 2 unspecified atom stereocenters. The molecule has 1 amide bonds. The Bertz CT molecular complexity index is 1330. The number of nitrogens with one attached hydrogen (secondary N) is 1. The van der Waals surface area contributed by atoms with Gasteiger partial charge in [-0.15, -0.1) is 5.92 Å². The number of amides is 1. The minimum atomic E-state index is -0.885. The summed E-state index contributed by atoms with van der Waals surface area (Å²) in [5.41, 5.74) is 3.20. The largest absolute Gasteiger partial charge is 0.384 e. The second kappa shape index (κ2) is 8.97. The van der Waals surface area contributed by atoms with Crippen molar-refractivity contribution in [1.29, 1.82) is 0 Å². The first-order valence-corrected chi connectivity index (χ1v) is 11.2. The Labute approximate surface area is 194 Å². The number of benzene rings is 3. The van der Waals surface area contributed by atoms with Gasteiger partial charge in [0.15, 0.2) is 5.54 Å². The van der Waals surface area contributed by atoms with Crippen molar-refractivity contribution in [3.63, 3.8) is 0 Å². The van der Waals surface area contributed by atoms with Gasteiger partial charge in [0, 0.05) is 24.8 Å². The molecule has 0 saturated carbocycles. The molecule has 0 fully saturated rings. The first-order valence-electron chi connectivity index (χ1n) is 11.2. The molecule has 0 spiro atoms. The Kier molecular flexibility index (Phi) is 5.73. The Morgan fingerprint density at radius 2 is 1.67 bits per heavy atom. The van der Waals surface area contributed by atoms with Gasteiger partial charge in [-0.05, 0) is 29.7 Å². The molecule has 4 heteroatoms. The fourth-order valence-corrected chi connectivity index (χ4v) is 4.78. The van der Waals surface area contributed by atoms with Crippen molar-refractivity contribution >= 4 is 16.9 Å². The van der Waals surface area contributed by atoms with E-state index in [1.165, 1.54) is 5.56 Å². The monoisotopic (exact) mass is 434 g/mol. The van der Waals surface area contributed by atoms with Gasteiger partial charge in [-0.25, -0.2) is 4.79 Å². The van der Waals surface area contributed by atoms with Crippen molar-refractivity contribution in [2.24, 2.45) is 0 Å². The number of carbonyl (C=O) groups excluding carboxylic acids is 1. The molecule has 3 aromatic carbocycles. The van der Waals surface area contributed by atoms with Gasteiger partial charge in [0.05, 0.1) is 17.8 Å². The molecule has 1 aliphatic rings. The summed E-state index contributed by atoms with van der Waals surface area (Å²) in [4.78, 5) is 13.3. The first-order chi connectivity index (χ1) is 16.2. The average Bonchev–Trinajstić information content (AvgIpc) is 3.38. The lowest BCUT2D eigenvalue weighted by Gasteiger charge is -2.32. The lowest BCUT2D eigenvalue weighted by molar-refractivity contribution is 0.151. The van der Waals surface area contributed by atoms with Crippen LogP contribution in [0.4, 0.5) is 4.79 Å². The van der Waals surface area contributed by atoms with Crippen LogP contribution in [0.2, 0.25) is 0 Å². The molecule has 5 rings (SSSR count). The maximum absolute atomic E-state index is 13.3. The topological polar surface area (TPSA) is 43.3 Å². The molecular formula is C29H26N2O2. The predicted molar refractivity (Wildman–Crippen MR) is 131 cm³/mol. The van der Waals surface area contributed by atoms with Gasteiger partial charge in [0.25, 0.3) is 0 Å². The van der Waals surface area contributed by atoms with Crippen LogP contribution in [0.25, 0.3) is 10.9 Å². The van der Waals surface area contributed by atoms with Gasteiger partial charge in [-0.1, -0.05) is 84.8 Å². The van der Waals surface area contributed by atoms with Crippen molar-refractivity contribution in [2.45, 2.75) is 24.3 Å². The summed E-state index contributed by atoms with van der Waals surface area (Å²) in [5.74, 6) is 6.75. The van der Waals surface area contributed by atoms with Crippen molar-refractivity contribution < 1.29 is 9.53 Å². The predicted octanol–water partition coefficient (Wildman–Crippen LogP) is 5.47. The molecular weight excluding hydrogens is 408 g/mol. The van der Waals surface area contributed by atoms with Crippen LogP contribution in [0.15, 0.2) is 91.0 Å². The smallest absolute Gasteiger partial charge is 0.327 e. The number of aryl methyl sites for hydroxylation is 1. The van der Waals surface area contributed by atoms with Gasteiger partial charge in [0.2, 0.25) is 0 Å². The van der Waals surface area contributed by atoms with Crippen LogP contribution in [0.3, 0.4) is 0 Å². The van der Waals surface area contributed by atoms with Crippen LogP contribution < -0.4 is 5.32 Å². The van der Waals surface area contributed by atoms with E-state index in [9.17, 15) is 4.79 Å². The molecule has 1 N–H and O–H groups in total. The number of hydrogen-bond acceptors (Lipinski definition) is 2. The third kappa shape index (κ3) is 3.82. The number of fused-ring (bicyclic) bond motifs is 3.